The second-order valence-corrected chi connectivity index (χ2v) is 8.19. The predicted octanol–water partition coefficient (Wildman–Crippen LogP) is 4.00. The fourth-order valence-electron chi connectivity index (χ4n) is 3.65. The number of aromatic nitrogens is 3. The van der Waals surface area contributed by atoms with Crippen LogP contribution in [0.1, 0.15) is 56.7 Å². The van der Waals surface area contributed by atoms with Crippen LogP contribution >= 0.6 is 11.6 Å². The number of H-pyrrole nitrogens is 1. The van der Waals surface area contributed by atoms with Gasteiger partial charge in [-0.15, -0.1) is 0 Å². The molecular weight excluding hydrogens is 348 g/mol. The average molecular weight is 375 g/mol. The summed E-state index contributed by atoms with van der Waals surface area (Å²) in [5.74, 6) is 2.38. The number of aryl methyl sites for hydroxylation is 1. The number of benzene rings is 1. The molecule has 1 aromatic carbocycles. The summed E-state index contributed by atoms with van der Waals surface area (Å²) in [4.78, 5) is 19.6. The van der Waals surface area contributed by atoms with E-state index in [4.69, 9.17) is 11.6 Å². The van der Waals surface area contributed by atoms with Gasteiger partial charge in [-0.3, -0.25) is 9.89 Å². The van der Waals surface area contributed by atoms with E-state index in [1.54, 1.807) is 0 Å². The van der Waals surface area contributed by atoms with Gasteiger partial charge in [-0.1, -0.05) is 44.5 Å². The molecule has 2 heterocycles. The lowest BCUT2D eigenvalue weighted by Crippen LogP contribution is -2.45. The number of aromatic amines is 1. The monoisotopic (exact) mass is 374 g/mol. The van der Waals surface area contributed by atoms with Crippen molar-refractivity contribution in [1.82, 2.24) is 20.1 Å². The summed E-state index contributed by atoms with van der Waals surface area (Å²) >= 11 is 6.08. The zero-order valence-corrected chi connectivity index (χ0v) is 16.5. The number of hydrogen-bond donors (Lipinski definition) is 1. The first-order chi connectivity index (χ1) is 12.4. The highest BCUT2D eigenvalue weighted by Gasteiger charge is 2.35. The molecule has 0 radical (unpaired) electrons. The Labute approximate surface area is 160 Å². The maximum Gasteiger partial charge on any atom is 0.228 e. The maximum absolute atomic E-state index is 13.1. The molecule has 0 unspecified atom stereocenters. The Balaban J connectivity index is 1.60. The first-order valence-electron chi connectivity index (χ1n) is 9.34. The molecule has 0 aliphatic carbocycles. The van der Waals surface area contributed by atoms with Crippen molar-refractivity contribution < 1.29 is 4.79 Å². The third-order valence-corrected chi connectivity index (χ3v) is 5.38. The summed E-state index contributed by atoms with van der Waals surface area (Å²) in [5, 5.41) is 8.04. The molecule has 1 saturated heterocycles. The molecule has 3 rings (SSSR count). The van der Waals surface area contributed by atoms with E-state index in [9.17, 15) is 4.79 Å². The number of likely N-dealkylation sites (tertiary alicyclic amines) is 1. The van der Waals surface area contributed by atoms with Gasteiger partial charge in [-0.25, -0.2) is 4.98 Å². The number of amides is 1. The van der Waals surface area contributed by atoms with Crippen LogP contribution in [0.15, 0.2) is 24.3 Å². The van der Waals surface area contributed by atoms with Crippen LogP contribution in [0, 0.1) is 5.41 Å². The Morgan fingerprint density at radius 3 is 2.69 bits per heavy atom. The van der Waals surface area contributed by atoms with Crippen LogP contribution in [-0.4, -0.2) is 39.1 Å². The summed E-state index contributed by atoms with van der Waals surface area (Å²) in [6.07, 6.45) is 3.38. The van der Waals surface area contributed by atoms with Crippen molar-refractivity contribution in [2.75, 3.05) is 13.1 Å². The number of nitrogens with one attached hydrogen (secondary N) is 1. The van der Waals surface area contributed by atoms with E-state index < -0.39 is 5.41 Å². The van der Waals surface area contributed by atoms with E-state index in [2.05, 4.69) is 22.1 Å². The molecule has 1 aromatic heterocycles. The van der Waals surface area contributed by atoms with Crippen LogP contribution in [0.25, 0.3) is 0 Å². The average Bonchev–Trinajstić information content (AvgIpc) is 3.10. The SMILES string of the molecule is CCc1nc(C2CCN(C(=O)C(C)(C)Cc3cccc(Cl)c3)CC2)n[nH]1. The number of piperidine rings is 1. The number of hydrogen-bond acceptors (Lipinski definition) is 3. The normalized spacial score (nSPS) is 16.1. The van der Waals surface area contributed by atoms with Crippen LogP contribution in [-0.2, 0) is 17.6 Å². The van der Waals surface area contributed by atoms with E-state index in [0.29, 0.717) is 17.4 Å². The van der Waals surface area contributed by atoms with Gasteiger partial charge in [0.2, 0.25) is 5.91 Å². The zero-order valence-electron chi connectivity index (χ0n) is 15.8. The van der Waals surface area contributed by atoms with E-state index in [1.807, 2.05) is 43.0 Å². The van der Waals surface area contributed by atoms with Crippen molar-refractivity contribution in [1.29, 1.82) is 0 Å². The molecule has 1 aliphatic rings. The number of halogens is 1. The molecule has 1 N–H and O–H groups in total. The highest BCUT2D eigenvalue weighted by molar-refractivity contribution is 6.30. The minimum Gasteiger partial charge on any atom is -0.342 e. The van der Waals surface area contributed by atoms with Gasteiger partial charge in [0.15, 0.2) is 5.82 Å². The minimum atomic E-state index is -0.447. The van der Waals surface area contributed by atoms with E-state index in [-0.39, 0.29) is 5.91 Å². The summed E-state index contributed by atoms with van der Waals surface area (Å²) in [6.45, 7) is 7.63. The lowest BCUT2D eigenvalue weighted by molar-refractivity contribution is -0.141. The van der Waals surface area contributed by atoms with Gasteiger partial charge >= 0.3 is 0 Å². The molecule has 1 amide bonds. The second-order valence-electron chi connectivity index (χ2n) is 7.75. The minimum absolute atomic E-state index is 0.208. The quantitative estimate of drug-likeness (QED) is 0.860. The van der Waals surface area contributed by atoms with Gasteiger partial charge in [0.05, 0.1) is 0 Å². The molecule has 0 atom stereocenters. The maximum atomic E-state index is 13.1. The van der Waals surface area contributed by atoms with E-state index in [1.165, 1.54) is 0 Å². The van der Waals surface area contributed by atoms with Crippen LogP contribution in [0.3, 0.4) is 0 Å². The van der Waals surface area contributed by atoms with Crippen molar-refractivity contribution in [2.24, 2.45) is 5.41 Å². The summed E-state index contributed by atoms with van der Waals surface area (Å²) < 4.78 is 0. The van der Waals surface area contributed by atoms with Crippen molar-refractivity contribution in [3.8, 4) is 0 Å². The van der Waals surface area contributed by atoms with Gasteiger partial charge in [0.25, 0.3) is 0 Å². The smallest absolute Gasteiger partial charge is 0.228 e. The second kappa shape index (κ2) is 7.78. The molecule has 5 nitrogen and oxygen atoms in total. The molecule has 2 aromatic rings. The highest BCUT2D eigenvalue weighted by Crippen LogP contribution is 2.31. The van der Waals surface area contributed by atoms with Crippen molar-refractivity contribution in [2.45, 2.75) is 52.4 Å². The number of carbonyl (C=O) groups is 1. The summed E-state index contributed by atoms with van der Waals surface area (Å²) in [5.41, 5.74) is 0.649. The fraction of sp³-hybridized carbons (Fsp3) is 0.550. The Hall–Kier alpha value is -1.88. The lowest BCUT2D eigenvalue weighted by atomic mass is 9.83. The Morgan fingerprint density at radius 2 is 2.08 bits per heavy atom. The van der Waals surface area contributed by atoms with Crippen LogP contribution < -0.4 is 0 Å². The van der Waals surface area contributed by atoms with Gasteiger partial charge in [0, 0.05) is 35.9 Å². The van der Waals surface area contributed by atoms with Crippen molar-refractivity contribution in [3.05, 3.63) is 46.5 Å². The molecule has 6 heteroatoms. The molecule has 0 saturated carbocycles. The topological polar surface area (TPSA) is 61.9 Å². The van der Waals surface area contributed by atoms with Gasteiger partial charge in [0.1, 0.15) is 5.82 Å². The van der Waals surface area contributed by atoms with Gasteiger partial charge in [-0.05, 0) is 37.0 Å². The largest absolute Gasteiger partial charge is 0.342 e. The third-order valence-electron chi connectivity index (χ3n) is 5.15. The molecule has 1 aliphatic heterocycles. The van der Waals surface area contributed by atoms with Gasteiger partial charge in [-0.2, -0.15) is 5.10 Å². The van der Waals surface area contributed by atoms with Crippen molar-refractivity contribution >= 4 is 17.5 Å². The predicted molar refractivity (Wildman–Crippen MR) is 103 cm³/mol. The van der Waals surface area contributed by atoms with E-state index in [0.717, 1.165) is 49.6 Å². The standard InChI is InChI=1S/C20H27ClN4O/c1-4-17-22-18(24-23-17)15-8-10-25(11-9-15)19(26)20(2,3)13-14-6-5-7-16(21)12-14/h5-7,12,15H,4,8-11,13H2,1-3H3,(H,22,23,24). The third kappa shape index (κ3) is 4.26. The number of carbonyl (C=O) groups excluding carboxylic acids is 1. The Kier molecular flexibility index (Phi) is 5.66. The molecule has 26 heavy (non-hydrogen) atoms. The molecule has 0 bridgehead atoms. The lowest BCUT2D eigenvalue weighted by Gasteiger charge is -2.36. The highest BCUT2D eigenvalue weighted by atomic mass is 35.5. The Morgan fingerprint density at radius 1 is 1.35 bits per heavy atom. The van der Waals surface area contributed by atoms with Crippen molar-refractivity contribution in [3.63, 3.8) is 0 Å². The molecule has 140 valence electrons. The van der Waals surface area contributed by atoms with E-state index >= 15 is 0 Å². The first-order valence-corrected chi connectivity index (χ1v) is 9.72. The molecule has 0 spiro atoms. The zero-order chi connectivity index (χ0) is 18.7. The number of nitrogens with zero attached hydrogens (tertiary/aromatic N) is 3. The van der Waals surface area contributed by atoms with Gasteiger partial charge < -0.3 is 4.90 Å². The summed E-state index contributed by atoms with van der Waals surface area (Å²) in [6, 6.07) is 7.77. The molecular formula is C20H27ClN4O. The van der Waals surface area contributed by atoms with Crippen LogP contribution in [0.5, 0.6) is 0 Å². The first kappa shape index (κ1) is 18.9. The molecule has 1 fully saturated rings. The number of rotatable bonds is 5. The van der Waals surface area contributed by atoms with Crippen LogP contribution in [0.4, 0.5) is 0 Å². The fourth-order valence-corrected chi connectivity index (χ4v) is 3.87. The summed E-state index contributed by atoms with van der Waals surface area (Å²) in [7, 11) is 0. The van der Waals surface area contributed by atoms with Crippen LogP contribution in [0.2, 0.25) is 5.02 Å². The Bertz CT molecular complexity index is 763.